The van der Waals surface area contributed by atoms with Gasteiger partial charge in [0, 0.05) is 24.0 Å². The predicted molar refractivity (Wildman–Crippen MR) is 103 cm³/mol. The molecule has 0 radical (unpaired) electrons. The van der Waals surface area contributed by atoms with E-state index in [1.54, 1.807) is 0 Å². The fourth-order valence-electron chi connectivity index (χ4n) is 3.57. The van der Waals surface area contributed by atoms with Gasteiger partial charge in [0.05, 0.1) is 22.5 Å². The van der Waals surface area contributed by atoms with Crippen LogP contribution in [0.4, 0.5) is 11.4 Å². The highest BCUT2D eigenvalue weighted by atomic mass is 16.1. The van der Waals surface area contributed by atoms with Crippen LogP contribution in [0.25, 0.3) is 22.0 Å². The molecule has 1 aliphatic heterocycles. The smallest absolute Gasteiger partial charge is 0.272 e. The van der Waals surface area contributed by atoms with E-state index in [2.05, 4.69) is 28.1 Å². The molecule has 0 atom stereocenters. The Balaban J connectivity index is 1.74. The third-order valence-corrected chi connectivity index (χ3v) is 5.12. The van der Waals surface area contributed by atoms with Crippen molar-refractivity contribution in [1.82, 2.24) is 10.2 Å². The molecule has 0 spiro atoms. The van der Waals surface area contributed by atoms with E-state index in [-0.39, 0.29) is 5.56 Å². The number of hydrogen-bond donors (Lipinski definition) is 2. The van der Waals surface area contributed by atoms with Crippen LogP contribution in [0.15, 0.2) is 47.3 Å². The van der Waals surface area contributed by atoms with E-state index in [1.807, 2.05) is 36.4 Å². The molecule has 1 fully saturated rings. The highest BCUT2D eigenvalue weighted by molar-refractivity contribution is 5.94. The Kier molecular flexibility index (Phi) is 3.92. The van der Waals surface area contributed by atoms with Crippen molar-refractivity contribution in [3.8, 4) is 11.3 Å². The van der Waals surface area contributed by atoms with Crippen molar-refractivity contribution < 1.29 is 0 Å². The summed E-state index contributed by atoms with van der Waals surface area (Å²) in [7, 11) is 0. The van der Waals surface area contributed by atoms with E-state index in [0.717, 1.165) is 47.0 Å². The van der Waals surface area contributed by atoms with E-state index in [9.17, 15) is 4.79 Å². The maximum absolute atomic E-state index is 12.0. The van der Waals surface area contributed by atoms with Crippen LogP contribution >= 0.6 is 0 Å². The van der Waals surface area contributed by atoms with Gasteiger partial charge in [0.2, 0.25) is 0 Å². The normalized spacial score (nSPS) is 15.6. The van der Waals surface area contributed by atoms with Crippen LogP contribution in [-0.2, 0) is 0 Å². The van der Waals surface area contributed by atoms with Crippen LogP contribution in [0.5, 0.6) is 0 Å². The molecule has 5 nitrogen and oxygen atoms in total. The molecule has 0 bridgehead atoms. The SMILES string of the molecule is CC1CCN(c2ccc(-c3n[nH]c(=O)c4ccccc34)cc2N)CC1. The predicted octanol–water partition coefficient (Wildman–Crippen LogP) is 3.41. The zero-order valence-electron chi connectivity index (χ0n) is 14.3. The number of nitrogens with zero attached hydrogens (tertiary/aromatic N) is 2. The monoisotopic (exact) mass is 334 g/mol. The average molecular weight is 334 g/mol. The lowest BCUT2D eigenvalue weighted by molar-refractivity contribution is 0.439. The molecule has 1 saturated heterocycles. The molecule has 1 aromatic heterocycles. The van der Waals surface area contributed by atoms with Crippen molar-refractivity contribution in [2.75, 3.05) is 23.7 Å². The molecular formula is C20H22N4O. The highest BCUT2D eigenvalue weighted by Gasteiger charge is 2.18. The number of anilines is 2. The number of rotatable bonds is 2. The van der Waals surface area contributed by atoms with Gasteiger partial charge in [-0.2, -0.15) is 5.10 Å². The number of aromatic amines is 1. The van der Waals surface area contributed by atoms with Crippen molar-refractivity contribution in [2.45, 2.75) is 19.8 Å². The summed E-state index contributed by atoms with van der Waals surface area (Å²) < 4.78 is 0. The molecule has 1 aliphatic rings. The topological polar surface area (TPSA) is 75.0 Å². The van der Waals surface area contributed by atoms with Crippen LogP contribution in [0.3, 0.4) is 0 Å². The minimum absolute atomic E-state index is 0.175. The molecule has 0 saturated carbocycles. The van der Waals surface area contributed by atoms with Crippen LogP contribution in [0, 0.1) is 5.92 Å². The van der Waals surface area contributed by atoms with Gasteiger partial charge in [0.25, 0.3) is 5.56 Å². The van der Waals surface area contributed by atoms with Gasteiger partial charge in [0.1, 0.15) is 0 Å². The summed E-state index contributed by atoms with van der Waals surface area (Å²) in [5, 5.41) is 8.33. The van der Waals surface area contributed by atoms with Crippen molar-refractivity contribution in [2.24, 2.45) is 5.92 Å². The lowest BCUT2D eigenvalue weighted by Gasteiger charge is -2.33. The summed E-state index contributed by atoms with van der Waals surface area (Å²) in [6.45, 7) is 4.39. The van der Waals surface area contributed by atoms with Crippen molar-refractivity contribution in [3.05, 3.63) is 52.8 Å². The zero-order chi connectivity index (χ0) is 17.4. The molecule has 0 aliphatic carbocycles. The molecule has 25 heavy (non-hydrogen) atoms. The lowest BCUT2D eigenvalue weighted by Crippen LogP contribution is -2.33. The summed E-state index contributed by atoms with van der Waals surface area (Å²) in [5.41, 5.74) is 9.69. The third kappa shape index (κ3) is 2.86. The van der Waals surface area contributed by atoms with Gasteiger partial charge in [0.15, 0.2) is 0 Å². The number of piperidine rings is 1. The van der Waals surface area contributed by atoms with Crippen LogP contribution in [0.1, 0.15) is 19.8 Å². The Bertz CT molecular complexity index is 971. The summed E-state index contributed by atoms with van der Waals surface area (Å²) in [6.07, 6.45) is 2.40. The number of H-pyrrole nitrogens is 1. The Hall–Kier alpha value is -2.82. The Morgan fingerprint density at radius 2 is 1.84 bits per heavy atom. The standard InChI is InChI=1S/C20H22N4O/c1-13-8-10-24(11-9-13)18-7-6-14(12-17(18)21)19-15-4-2-3-5-16(15)20(25)23-22-19/h2-7,12-13H,8-11,21H2,1H3,(H,23,25). The second-order valence-electron chi connectivity index (χ2n) is 6.89. The number of fused-ring (bicyclic) bond motifs is 1. The molecule has 0 unspecified atom stereocenters. The van der Waals surface area contributed by atoms with Gasteiger partial charge in [-0.1, -0.05) is 31.2 Å². The number of hydrogen-bond acceptors (Lipinski definition) is 4. The Labute approximate surface area is 146 Å². The highest BCUT2D eigenvalue weighted by Crippen LogP contribution is 2.33. The lowest BCUT2D eigenvalue weighted by atomic mass is 9.98. The first-order chi connectivity index (χ1) is 12.1. The number of benzene rings is 2. The zero-order valence-corrected chi connectivity index (χ0v) is 14.3. The maximum atomic E-state index is 12.0. The number of nitrogens with one attached hydrogen (secondary N) is 1. The van der Waals surface area contributed by atoms with E-state index in [0.29, 0.717) is 5.39 Å². The second kappa shape index (κ2) is 6.24. The first-order valence-corrected chi connectivity index (χ1v) is 8.76. The number of nitrogen functional groups attached to an aromatic ring is 1. The molecular weight excluding hydrogens is 312 g/mol. The molecule has 0 amide bonds. The fourth-order valence-corrected chi connectivity index (χ4v) is 3.57. The fraction of sp³-hybridized carbons (Fsp3) is 0.300. The Morgan fingerprint density at radius 3 is 2.56 bits per heavy atom. The second-order valence-corrected chi connectivity index (χ2v) is 6.89. The maximum Gasteiger partial charge on any atom is 0.272 e. The van der Waals surface area contributed by atoms with Crippen molar-refractivity contribution >= 4 is 22.1 Å². The van der Waals surface area contributed by atoms with Crippen LogP contribution < -0.4 is 16.2 Å². The van der Waals surface area contributed by atoms with Crippen molar-refractivity contribution in [1.29, 1.82) is 0 Å². The average Bonchev–Trinajstić information content (AvgIpc) is 2.63. The molecule has 4 rings (SSSR count). The minimum Gasteiger partial charge on any atom is -0.397 e. The summed E-state index contributed by atoms with van der Waals surface area (Å²) >= 11 is 0. The number of aromatic nitrogens is 2. The van der Waals surface area contributed by atoms with Gasteiger partial charge < -0.3 is 10.6 Å². The van der Waals surface area contributed by atoms with Gasteiger partial charge in [-0.05, 0) is 37.0 Å². The largest absolute Gasteiger partial charge is 0.397 e. The molecule has 5 heteroatoms. The first kappa shape index (κ1) is 15.7. The third-order valence-electron chi connectivity index (χ3n) is 5.12. The van der Waals surface area contributed by atoms with Gasteiger partial charge in [-0.15, -0.1) is 0 Å². The van der Waals surface area contributed by atoms with Gasteiger partial charge in [-0.3, -0.25) is 4.79 Å². The summed E-state index contributed by atoms with van der Waals surface area (Å²) in [5.74, 6) is 0.786. The van der Waals surface area contributed by atoms with E-state index in [4.69, 9.17) is 5.73 Å². The molecule has 2 aromatic carbocycles. The molecule has 3 N–H and O–H groups in total. The molecule has 2 heterocycles. The first-order valence-electron chi connectivity index (χ1n) is 8.76. The Morgan fingerprint density at radius 1 is 1.12 bits per heavy atom. The van der Waals surface area contributed by atoms with Crippen LogP contribution in [-0.4, -0.2) is 23.3 Å². The molecule has 128 valence electrons. The van der Waals surface area contributed by atoms with E-state index >= 15 is 0 Å². The van der Waals surface area contributed by atoms with Gasteiger partial charge >= 0.3 is 0 Å². The molecule has 3 aromatic rings. The van der Waals surface area contributed by atoms with Gasteiger partial charge in [-0.25, -0.2) is 5.10 Å². The van der Waals surface area contributed by atoms with E-state index < -0.39 is 0 Å². The minimum atomic E-state index is -0.175. The van der Waals surface area contributed by atoms with Crippen molar-refractivity contribution in [3.63, 3.8) is 0 Å². The quantitative estimate of drug-likeness (QED) is 0.704. The summed E-state index contributed by atoms with van der Waals surface area (Å²) in [6, 6.07) is 13.6. The number of nitrogens with two attached hydrogens (primary N) is 1. The summed E-state index contributed by atoms with van der Waals surface area (Å²) in [4.78, 5) is 14.3. The van der Waals surface area contributed by atoms with E-state index in [1.165, 1.54) is 12.8 Å². The van der Waals surface area contributed by atoms with Crippen LogP contribution in [0.2, 0.25) is 0 Å².